The van der Waals surface area contributed by atoms with Crippen molar-refractivity contribution in [3.8, 4) is 11.3 Å². The van der Waals surface area contributed by atoms with Gasteiger partial charge in [-0.1, -0.05) is 6.92 Å². The van der Waals surface area contributed by atoms with Crippen molar-refractivity contribution in [3.63, 3.8) is 0 Å². The molecule has 0 saturated heterocycles. The summed E-state index contributed by atoms with van der Waals surface area (Å²) in [4.78, 5) is 11.1. The number of hydrogen-bond donors (Lipinski definition) is 1. The Kier molecular flexibility index (Phi) is 3.59. The van der Waals surface area contributed by atoms with Crippen LogP contribution in [0.5, 0.6) is 0 Å². The summed E-state index contributed by atoms with van der Waals surface area (Å²) in [5.74, 6) is -2.57. The summed E-state index contributed by atoms with van der Waals surface area (Å²) in [5, 5.41) is 13.1. The van der Waals surface area contributed by atoms with E-state index in [1.54, 1.807) is 0 Å². The SMILES string of the molecule is CCCn1cc(C(=O)O)c(-c2cc(F)ccc2F)n1. The first-order chi connectivity index (χ1) is 9.02. The van der Waals surface area contributed by atoms with Gasteiger partial charge in [0.1, 0.15) is 22.9 Å². The van der Waals surface area contributed by atoms with Gasteiger partial charge < -0.3 is 5.11 Å². The van der Waals surface area contributed by atoms with E-state index < -0.39 is 17.6 Å². The summed E-state index contributed by atoms with van der Waals surface area (Å²) in [6, 6.07) is 2.87. The van der Waals surface area contributed by atoms with Gasteiger partial charge in [0, 0.05) is 18.3 Å². The molecule has 0 atom stereocenters. The van der Waals surface area contributed by atoms with Gasteiger partial charge in [-0.15, -0.1) is 0 Å². The summed E-state index contributed by atoms with van der Waals surface area (Å²) < 4.78 is 28.3. The van der Waals surface area contributed by atoms with Crippen LogP contribution in [0.15, 0.2) is 24.4 Å². The highest BCUT2D eigenvalue weighted by atomic mass is 19.1. The molecule has 0 fully saturated rings. The molecule has 1 heterocycles. The Bertz CT molecular complexity index is 623. The van der Waals surface area contributed by atoms with E-state index >= 15 is 0 Å². The molecule has 0 spiro atoms. The van der Waals surface area contributed by atoms with Crippen LogP contribution in [0.2, 0.25) is 0 Å². The number of aryl methyl sites for hydroxylation is 1. The Hall–Kier alpha value is -2.24. The lowest BCUT2D eigenvalue weighted by Gasteiger charge is -2.01. The van der Waals surface area contributed by atoms with E-state index in [0.29, 0.717) is 6.54 Å². The number of carboxylic acids is 1. The number of aromatic nitrogens is 2. The zero-order valence-electron chi connectivity index (χ0n) is 10.2. The first kappa shape index (κ1) is 13.2. The van der Waals surface area contributed by atoms with Crippen molar-refractivity contribution in [2.24, 2.45) is 0 Å². The number of benzene rings is 1. The number of hydrogen-bond acceptors (Lipinski definition) is 2. The zero-order chi connectivity index (χ0) is 14.0. The van der Waals surface area contributed by atoms with Gasteiger partial charge >= 0.3 is 5.97 Å². The molecule has 0 bridgehead atoms. The molecule has 100 valence electrons. The second kappa shape index (κ2) is 5.17. The van der Waals surface area contributed by atoms with Gasteiger partial charge in [0.2, 0.25) is 0 Å². The molecule has 0 aliphatic rings. The van der Waals surface area contributed by atoms with Crippen molar-refractivity contribution >= 4 is 5.97 Å². The van der Waals surface area contributed by atoms with Crippen LogP contribution in [-0.2, 0) is 6.54 Å². The van der Waals surface area contributed by atoms with E-state index in [1.165, 1.54) is 10.9 Å². The molecule has 6 heteroatoms. The van der Waals surface area contributed by atoms with Crippen LogP contribution in [0.25, 0.3) is 11.3 Å². The minimum atomic E-state index is -1.22. The smallest absolute Gasteiger partial charge is 0.339 e. The highest BCUT2D eigenvalue weighted by Crippen LogP contribution is 2.26. The van der Waals surface area contributed by atoms with Crippen LogP contribution in [-0.4, -0.2) is 20.9 Å². The molecule has 0 radical (unpaired) electrons. The van der Waals surface area contributed by atoms with E-state index in [4.69, 9.17) is 5.11 Å². The van der Waals surface area contributed by atoms with Crippen molar-refractivity contribution in [2.75, 3.05) is 0 Å². The summed E-state index contributed by atoms with van der Waals surface area (Å²) >= 11 is 0. The fourth-order valence-electron chi connectivity index (χ4n) is 1.80. The van der Waals surface area contributed by atoms with E-state index in [0.717, 1.165) is 24.6 Å². The maximum absolute atomic E-state index is 13.7. The molecule has 2 aromatic rings. The van der Waals surface area contributed by atoms with Gasteiger partial charge in [0.05, 0.1) is 0 Å². The standard InChI is InChI=1S/C13H12F2N2O2/c1-2-5-17-7-10(13(18)19)12(16-17)9-6-8(14)3-4-11(9)15/h3-4,6-7H,2,5H2,1H3,(H,18,19). The Morgan fingerprint density at radius 1 is 1.42 bits per heavy atom. The number of halogens is 2. The average molecular weight is 266 g/mol. The molecular formula is C13H12F2N2O2. The number of nitrogens with zero attached hydrogens (tertiary/aromatic N) is 2. The third kappa shape index (κ3) is 2.62. The quantitative estimate of drug-likeness (QED) is 0.925. The summed E-state index contributed by atoms with van der Waals surface area (Å²) in [5.41, 5.74) is -0.344. The van der Waals surface area contributed by atoms with Crippen molar-refractivity contribution in [2.45, 2.75) is 19.9 Å². The summed E-state index contributed by atoms with van der Waals surface area (Å²) in [7, 11) is 0. The number of aromatic carboxylic acids is 1. The van der Waals surface area contributed by atoms with Gasteiger partial charge in [0.25, 0.3) is 0 Å². The minimum Gasteiger partial charge on any atom is -0.478 e. The second-order valence-corrected chi connectivity index (χ2v) is 4.08. The van der Waals surface area contributed by atoms with Crippen LogP contribution in [0, 0.1) is 11.6 Å². The van der Waals surface area contributed by atoms with E-state index in [2.05, 4.69) is 5.10 Å². The second-order valence-electron chi connectivity index (χ2n) is 4.08. The van der Waals surface area contributed by atoms with Crippen molar-refractivity contribution in [3.05, 3.63) is 41.6 Å². The van der Waals surface area contributed by atoms with Gasteiger partial charge in [-0.25, -0.2) is 13.6 Å². The van der Waals surface area contributed by atoms with Crippen molar-refractivity contribution < 1.29 is 18.7 Å². The minimum absolute atomic E-state index is 0.0575. The van der Waals surface area contributed by atoms with E-state index in [1.807, 2.05) is 6.92 Å². The zero-order valence-corrected chi connectivity index (χ0v) is 10.2. The first-order valence-corrected chi connectivity index (χ1v) is 5.79. The van der Waals surface area contributed by atoms with Gasteiger partial charge in [-0.3, -0.25) is 4.68 Å². The Labute approximate surface area is 108 Å². The summed E-state index contributed by atoms with van der Waals surface area (Å²) in [6.07, 6.45) is 2.08. The molecule has 4 nitrogen and oxygen atoms in total. The Morgan fingerprint density at radius 3 is 2.79 bits per heavy atom. The van der Waals surface area contributed by atoms with Gasteiger partial charge in [0.15, 0.2) is 0 Å². The molecule has 0 saturated carbocycles. The molecule has 2 rings (SSSR count). The molecule has 0 unspecified atom stereocenters. The monoisotopic (exact) mass is 266 g/mol. The van der Waals surface area contributed by atoms with Crippen LogP contribution >= 0.6 is 0 Å². The topological polar surface area (TPSA) is 55.1 Å². The fraction of sp³-hybridized carbons (Fsp3) is 0.231. The fourth-order valence-corrected chi connectivity index (χ4v) is 1.80. The van der Waals surface area contributed by atoms with Crippen LogP contribution in [0.1, 0.15) is 23.7 Å². The van der Waals surface area contributed by atoms with Crippen LogP contribution in [0.4, 0.5) is 8.78 Å². The Balaban J connectivity index is 2.59. The first-order valence-electron chi connectivity index (χ1n) is 5.79. The molecule has 0 aliphatic carbocycles. The molecule has 0 amide bonds. The lowest BCUT2D eigenvalue weighted by atomic mass is 10.1. The van der Waals surface area contributed by atoms with Crippen LogP contribution < -0.4 is 0 Å². The van der Waals surface area contributed by atoms with Crippen molar-refractivity contribution in [1.29, 1.82) is 0 Å². The normalized spacial score (nSPS) is 10.7. The maximum atomic E-state index is 13.7. The number of carbonyl (C=O) groups is 1. The lowest BCUT2D eigenvalue weighted by molar-refractivity contribution is 0.0697. The third-order valence-electron chi connectivity index (χ3n) is 2.63. The Morgan fingerprint density at radius 2 is 2.16 bits per heavy atom. The number of rotatable bonds is 4. The van der Waals surface area contributed by atoms with E-state index in [9.17, 15) is 13.6 Å². The average Bonchev–Trinajstić information content (AvgIpc) is 2.77. The highest BCUT2D eigenvalue weighted by molar-refractivity contribution is 5.94. The number of carboxylic acid groups (broad SMARTS) is 1. The van der Waals surface area contributed by atoms with E-state index in [-0.39, 0.29) is 16.8 Å². The molecule has 1 aromatic heterocycles. The van der Waals surface area contributed by atoms with Gasteiger partial charge in [-0.2, -0.15) is 5.10 Å². The largest absolute Gasteiger partial charge is 0.478 e. The predicted octanol–water partition coefficient (Wildman–Crippen LogP) is 2.94. The highest BCUT2D eigenvalue weighted by Gasteiger charge is 2.20. The molecule has 19 heavy (non-hydrogen) atoms. The van der Waals surface area contributed by atoms with Crippen LogP contribution in [0.3, 0.4) is 0 Å². The van der Waals surface area contributed by atoms with Crippen molar-refractivity contribution in [1.82, 2.24) is 9.78 Å². The third-order valence-corrected chi connectivity index (χ3v) is 2.63. The summed E-state index contributed by atoms with van der Waals surface area (Å²) in [6.45, 7) is 2.42. The lowest BCUT2D eigenvalue weighted by Crippen LogP contribution is -1.98. The molecule has 0 aliphatic heterocycles. The molecular weight excluding hydrogens is 254 g/mol. The molecule has 1 aromatic carbocycles. The predicted molar refractivity (Wildman–Crippen MR) is 64.8 cm³/mol. The maximum Gasteiger partial charge on any atom is 0.339 e. The van der Waals surface area contributed by atoms with Gasteiger partial charge in [-0.05, 0) is 24.6 Å². The molecule has 1 N–H and O–H groups in total.